The molecule has 0 radical (unpaired) electrons. The quantitative estimate of drug-likeness (QED) is 0.540. The van der Waals surface area contributed by atoms with Crippen molar-refractivity contribution in [2.45, 2.75) is 0 Å². The molecule has 3 aromatic rings. The Labute approximate surface area is 198 Å². The number of rotatable bonds is 7. The average molecular weight is 465 g/mol. The Hall–Kier alpha value is -4.05. The van der Waals surface area contributed by atoms with Crippen molar-refractivity contribution in [3.63, 3.8) is 0 Å². The number of piperazine rings is 1. The van der Waals surface area contributed by atoms with Crippen molar-refractivity contribution >= 4 is 34.9 Å². The van der Waals surface area contributed by atoms with Crippen molar-refractivity contribution in [3.05, 3.63) is 54.7 Å². The van der Waals surface area contributed by atoms with Crippen LogP contribution in [0.2, 0.25) is 0 Å². The molecule has 1 aliphatic rings. The summed E-state index contributed by atoms with van der Waals surface area (Å²) in [5, 5.41) is 13.1. The van der Waals surface area contributed by atoms with Crippen LogP contribution in [0.5, 0.6) is 11.5 Å². The predicted molar refractivity (Wildman–Crippen MR) is 131 cm³/mol. The van der Waals surface area contributed by atoms with Crippen molar-refractivity contribution in [1.29, 1.82) is 0 Å². The number of carboxylic acid groups (broad SMARTS) is 1. The van der Waals surface area contributed by atoms with Gasteiger partial charge in [0.1, 0.15) is 17.3 Å². The first kappa shape index (κ1) is 23.1. The van der Waals surface area contributed by atoms with Crippen LogP contribution in [-0.4, -0.2) is 73.5 Å². The first-order valence-corrected chi connectivity index (χ1v) is 10.9. The van der Waals surface area contributed by atoms with Gasteiger partial charge in [-0.15, -0.1) is 0 Å². The molecule has 0 unspecified atom stereocenters. The Balaban J connectivity index is 1.54. The molecule has 2 N–H and O–H groups in total. The molecular weight excluding hydrogens is 436 g/mol. The number of likely N-dealkylation sites (N-methyl/N-ethyl adjacent to an activating group) is 1. The summed E-state index contributed by atoms with van der Waals surface area (Å²) in [6.07, 6.45) is 0.305. The number of hydrogen-bond donors (Lipinski definition) is 2. The zero-order valence-electron chi connectivity index (χ0n) is 19.4. The molecule has 34 heavy (non-hydrogen) atoms. The van der Waals surface area contributed by atoms with Gasteiger partial charge in [-0.2, -0.15) is 4.98 Å². The second kappa shape index (κ2) is 10.3. The number of nitrogens with zero attached hydrogens (tertiary/aromatic N) is 5. The summed E-state index contributed by atoms with van der Waals surface area (Å²) in [6, 6.07) is 14.5. The number of nitrogens with one attached hydrogen (secondary N) is 1. The predicted octanol–water partition coefficient (Wildman–Crippen LogP) is 3.81. The van der Waals surface area contributed by atoms with E-state index in [2.05, 4.69) is 44.3 Å². The third-order valence-electron chi connectivity index (χ3n) is 5.68. The second-order valence-corrected chi connectivity index (χ2v) is 7.86. The maximum atomic E-state index is 12.2. The van der Waals surface area contributed by atoms with Crippen LogP contribution in [0.25, 0.3) is 0 Å². The normalized spacial score (nSPS) is 13.9. The number of aromatic nitrogens is 2. The van der Waals surface area contributed by atoms with Gasteiger partial charge in [-0.1, -0.05) is 0 Å². The average Bonchev–Trinajstić information content (AvgIpc) is 2.85. The lowest BCUT2D eigenvalue weighted by Gasteiger charge is -2.34. The van der Waals surface area contributed by atoms with Gasteiger partial charge >= 0.3 is 6.09 Å². The summed E-state index contributed by atoms with van der Waals surface area (Å²) >= 11 is 0. The van der Waals surface area contributed by atoms with Crippen LogP contribution in [0.1, 0.15) is 0 Å². The molecule has 4 rings (SSSR count). The molecule has 1 saturated heterocycles. The van der Waals surface area contributed by atoms with Crippen LogP contribution in [0.15, 0.2) is 54.7 Å². The highest BCUT2D eigenvalue weighted by atomic mass is 16.5. The van der Waals surface area contributed by atoms with Crippen molar-refractivity contribution < 1.29 is 19.4 Å². The molecule has 2 heterocycles. The highest BCUT2D eigenvalue weighted by Gasteiger charge is 2.23. The maximum Gasteiger partial charge on any atom is 0.417 e. The maximum absolute atomic E-state index is 12.2. The molecule has 1 aromatic heterocycles. The molecule has 1 fully saturated rings. The van der Waals surface area contributed by atoms with Crippen LogP contribution in [0, 0.1) is 0 Å². The Morgan fingerprint density at radius 3 is 2.41 bits per heavy atom. The monoisotopic (exact) mass is 464 g/mol. The largest absolute Gasteiger partial charge is 0.497 e. The van der Waals surface area contributed by atoms with E-state index in [0.717, 1.165) is 42.5 Å². The lowest BCUT2D eigenvalue weighted by molar-refractivity contribution is 0.204. The third kappa shape index (κ3) is 5.12. The minimum absolute atomic E-state index is 0.183. The summed E-state index contributed by atoms with van der Waals surface area (Å²) in [6.45, 7) is 4.07. The van der Waals surface area contributed by atoms with Crippen LogP contribution in [0.3, 0.4) is 0 Å². The minimum atomic E-state index is -1.20. The van der Waals surface area contributed by atoms with Crippen LogP contribution < -0.4 is 24.6 Å². The van der Waals surface area contributed by atoms with E-state index in [1.807, 2.05) is 12.1 Å². The zero-order valence-corrected chi connectivity index (χ0v) is 19.4. The summed E-state index contributed by atoms with van der Waals surface area (Å²) in [5.74, 6) is 1.36. The number of benzene rings is 2. The van der Waals surface area contributed by atoms with E-state index in [4.69, 9.17) is 9.47 Å². The van der Waals surface area contributed by atoms with Crippen LogP contribution in [0.4, 0.5) is 33.6 Å². The van der Waals surface area contributed by atoms with Crippen LogP contribution >= 0.6 is 0 Å². The Kier molecular flexibility index (Phi) is 6.98. The van der Waals surface area contributed by atoms with Gasteiger partial charge in [0.2, 0.25) is 5.95 Å². The Morgan fingerprint density at radius 2 is 1.76 bits per heavy atom. The molecule has 2 aromatic carbocycles. The topological polar surface area (TPSA) is 103 Å². The third-order valence-corrected chi connectivity index (χ3v) is 5.68. The Bertz CT molecular complexity index is 1130. The smallest absolute Gasteiger partial charge is 0.417 e. The molecule has 0 atom stereocenters. The molecule has 1 amide bonds. The lowest BCUT2D eigenvalue weighted by Crippen LogP contribution is -2.44. The Morgan fingerprint density at radius 1 is 1.03 bits per heavy atom. The zero-order chi connectivity index (χ0) is 24.1. The minimum Gasteiger partial charge on any atom is -0.497 e. The van der Waals surface area contributed by atoms with E-state index in [0.29, 0.717) is 17.2 Å². The number of amides is 1. The fourth-order valence-electron chi connectivity index (χ4n) is 3.78. The second-order valence-electron chi connectivity index (χ2n) is 7.86. The van der Waals surface area contributed by atoms with Crippen molar-refractivity contribution in [3.8, 4) is 11.5 Å². The molecule has 0 bridgehead atoms. The number of ether oxygens (including phenoxy) is 2. The molecule has 10 nitrogen and oxygen atoms in total. The molecule has 0 spiro atoms. The molecule has 178 valence electrons. The first-order valence-electron chi connectivity index (χ1n) is 10.9. The fourth-order valence-corrected chi connectivity index (χ4v) is 3.78. The first-order chi connectivity index (χ1) is 16.5. The van der Waals surface area contributed by atoms with Gasteiger partial charge in [-0.05, 0) is 43.4 Å². The standard InChI is InChI=1S/C24H28N6O4/c1-28-12-14-29(15-13-28)18-6-4-17(5-7-18)26-23-25-11-10-22(27-23)30(24(31)32)20-9-8-19(33-2)16-21(20)34-3/h4-11,16H,12-15H2,1-3H3,(H,31,32)(H,25,26,27). The van der Waals surface area contributed by atoms with E-state index >= 15 is 0 Å². The lowest BCUT2D eigenvalue weighted by atomic mass is 10.2. The summed E-state index contributed by atoms with van der Waals surface area (Å²) in [4.78, 5) is 26.5. The SMILES string of the molecule is COc1ccc(N(C(=O)O)c2ccnc(Nc3ccc(N4CCN(C)CC4)cc3)n2)c(OC)c1. The highest BCUT2D eigenvalue weighted by molar-refractivity contribution is 5.95. The molecule has 10 heteroatoms. The van der Waals surface area contributed by atoms with E-state index in [9.17, 15) is 9.90 Å². The van der Waals surface area contributed by atoms with Gasteiger partial charge < -0.3 is 29.7 Å². The fraction of sp³-hybridized carbons (Fsp3) is 0.292. The van der Waals surface area contributed by atoms with Gasteiger partial charge in [0.15, 0.2) is 0 Å². The number of carbonyl (C=O) groups is 1. The summed E-state index contributed by atoms with van der Waals surface area (Å²) in [5.41, 5.74) is 2.29. The summed E-state index contributed by atoms with van der Waals surface area (Å²) in [7, 11) is 5.13. The van der Waals surface area contributed by atoms with Crippen LogP contribution in [-0.2, 0) is 0 Å². The molecular formula is C24H28N6O4. The van der Waals surface area contributed by atoms with Crippen molar-refractivity contribution in [2.24, 2.45) is 0 Å². The molecule has 0 saturated carbocycles. The van der Waals surface area contributed by atoms with E-state index in [1.165, 1.54) is 26.5 Å². The van der Waals surface area contributed by atoms with Gasteiger partial charge in [-0.3, -0.25) is 0 Å². The van der Waals surface area contributed by atoms with Gasteiger partial charge in [0.25, 0.3) is 0 Å². The molecule has 0 aliphatic carbocycles. The van der Waals surface area contributed by atoms with Crippen molar-refractivity contribution in [1.82, 2.24) is 14.9 Å². The van der Waals surface area contributed by atoms with Gasteiger partial charge in [0.05, 0.1) is 19.9 Å². The van der Waals surface area contributed by atoms with E-state index in [1.54, 1.807) is 18.2 Å². The van der Waals surface area contributed by atoms with E-state index in [-0.39, 0.29) is 11.8 Å². The number of anilines is 5. The highest BCUT2D eigenvalue weighted by Crippen LogP contribution is 2.36. The van der Waals surface area contributed by atoms with E-state index < -0.39 is 6.09 Å². The summed E-state index contributed by atoms with van der Waals surface area (Å²) < 4.78 is 10.6. The number of methoxy groups -OCH3 is 2. The number of hydrogen-bond acceptors (Lipinski definition) is 8. The van der Waals surface area contributed by atoms with Gasteiger partial charge in [0, 0.05) is 55.9 Å². The molecule has 1 aliphatic heterocycles. The van der Waals surface area contributed by atoms with Crippen molar-refractivity contribution in [2.75, 3.05) is 62.6 Å². The van der Waals surface area contributed by atoms with Gasteiger partial charge in [-0.25, -0.2) is 14.7 Å².